The summed E-state index contributed by atoms with van der Waals surface area (Å²) in [7, 11) is 2.35. The van der Waals surface area contributed by atoms with E-state index in [0.29, 0.717) is 11.8 Å². The molecule has 0 amide bonds. The van der Waals surface area contributed by atoms with Crippen molar-refractivity contribution >= 4 is 30.4 Å². The van der Waals surface area contributed by atoms with E-state index >= 15 is 0 Å². The largest absolute Gasteiger partial charge is 0.493 e. The van der Waals surface area contributed by atoms with Gasteiger partial charge in [-0.15, -0.1) is 0 Å². The average Bonchev–Trinajstić information content (AvgIpc) is 3.89. The molecule has 0 N–H and O–H groups in total. The zero-order valence-electron chi connectivity index (χ0n) is 32.6. The van der Waals surface area contributed by atoms with Crippen molar-refractivity contribution in [3.05, 3.63) is 84.1 Å². The number of piperidine rings is 1. The highest BCUT2D eigenvalue weighted by Gasteiger charge is 2.41. The Bertz CT molecular complexity index is 1650. The predicted octanol–water partition coefficient (Wildman–Crippen LogP) is 8.10. The quantitative estimate of drug-likeness (QED) is 0.116. The molecule has 3 atom stereocenters. The second-order valence-corrected chi connectivity index (χ2v) is 20.0. The smallest absolute Gasteiger partial charge is 0.240 e. The summed E-state index contributed by atoms with van der Waals surface area (Å²) in [5, 5.41) is 8.55. The predicted molar refractivity (Wildman–Crippen MR) is 216 cm³/mol. The second kappa shape index (κ2) is 17.0. The van der Waals surface area contributed by atoms with Crippen LogP contribution in [0.2, 0.25) is 0 Å². The van der Waals surface area contributed by atoms with Crippen LogP contribution in [-0.4, -0.2) is 70.4 Å². The molecule has 4 aromatic rings. The molecule has 1 unspecified atom stereocenters. The first-order chi connectivity index (χ1) is 25.2. The Morgan fingerprint density at radius 1 is 0.846 bits per heavy atom. The van der Waals surface area contributed by atoms with Gasteiger partial charge >= 0.3 is 0 Å². The van der Waals surface area contributed by atoms with E-state index in [1.165, 1.54) is 87.8 Å². The van der Waals surface area contributed by atoms with Crippen molar-refractivity contribution in [2.45, 2.75) is 97.6 Å². The Kier molecular flexibility index (Phi) is 12.2. The summed E-state index contributed by atoms with van der Waals surface area (Å²) in [6.45, 7) is 12.5. The molecular formula is C45H63N3O3Si. The van der Waals surface area contributed by atoms with Gasteiger partial charge in [-0.25, -0.2) is 0 Å². The lowest BCUT2D eigenvalue weighted by Crippen LogP contribution is -2.54. The number of likely N-dealkylation sites (tertiary alicyclic amines) is 1. The molecule has 0 spiro atoms. The Hall–Kier alpha value is -2.97. The van der Waals surface area contributed by atoms with Crippen molar-refractivity contribution in [3.63, 3.8) is 0 Å². The minimum Gasteiger partial charge on any atom is -0.493 e. The van der Waals surface area contributed by atoms with E-state index in [1.54, 1.807) is 0 Å². The molecule has 2 heterocycles. The minimum atomic E-state index is -1.86. The van der Waals surface area contributed by atoms with Gasteiger partial charge < -0.3 is 23.5 Å². The van der Waals surface area contributed by atoms with E-state index in [4.69, 9.17) is 13.7 Å². The maximum Gasteiger partial charge on any atom is 0.240 e. The van der Waals surface area contributed by atoms with Crippen molar-refractivity contribution in [1.29, 1.82) is 0 Å². The van der Waals surface area contributed by atoms with Gasteiger partial charge in [0.25, 0.3) is 0 Å². The summed E-state index contributed by atoms with van der Waals surface area (Å²) in [4.78, 5) is 4.99. The Morgan fingerprint density at radius 2 is 1.52 bits per heavy atom. The molecule has 6 nitrogen and oxygen atoms in total. The lowest BCUT2D eigenvalue weighted by Gasteiger charge is -2.46. The third-order valence-corrected chi connectivity index (χ3v) is 14.7. The number of nitrogens with zero attached hydrogens (tertiary/aromatic N) is 3. The second-order valence-electron chi connectivity index (χ2n) is 17.7. The van der Waals surface area contributed by atoms with Crippen LogP contribution in [-0.2, 0) is 17.4 Å². The fourth-order valence-electron chi connectivity index (χ4n) is 9.06. The molecule has 0 radical (unpaired) electrons. The number of rotatable bonds is 15. The van der Waals surface area contributed by atoms with Gasteiger partial charge in [0.05, 0.1) is 24.0 Å². The van der Waals surface area contributed by atoms with Gasteiger partial charge in [-0.2, -0.15) is 0 Å². The Labute approximate surface area is 315 Å². The topological polar surface area (TPSA) is 51.0 Å². The fourth-order valence-corrected chi connectivity index (χ4v) is 11.8. The number of hydrogen-bond acceptors (Lipinski definition) is 6. The standard InChI is InChI=1S/C45H63N3O3Si/c1-45(2,3)44(51-52(36-15-8-6-9-16-36)37-17-10-7-11-18-37)38-19-13-12-14-35(38)30-48-28-26-33(27-29-48)22-24-41-39-23-25-42(49-32-34-20-21-34)40(31-47(4)5)43(39)50-46-41/h6-11,15-18,23,25,33-35,38,44,52H,12-14,19-22,24,26-32H2,1-5H3/t35-,38-,44?/m0/s1. The summed E-state index contributed by atoms with van der Waals surface area (Å²) >= 11 is 0. The van der Waals surface area contributed by atoms with E-state index < -0.39 is 9.04 Å². The Morgan fingerprint density at radius 3 is 2.15 bits per heavy atom. The molecule has 1 saturated heterocycles. The first kappa shape index (κ1) is 37.3. The van der Waals surface area contributed by atoms with Gasteiger partial charge in [0.15, 0.2) is 5.58 Å². The van der Waals surface area contributed by atoms with Crippen molar-refractivity contribution in [2.75, 3.05) is 40.3 Å². The number of aryl methyl sites for hydroxylation is 1. The average molecular weight is 722 g/mol. The summed E-state index contributed by atoms with van der Waals surface area (Å²) in [6.07, 6.45) is 12.8. The van der Waals surface area contributed by atoms with Crippen LogP contribution < -0.4 is 15.1 Å². The van der Waals surface area contributed by atoms with Gasteiger partial charge in [-0.05, 0) is 130 Å². The minimum absolute atomic E-state index is 0.0752. The van der Waals surface area contributed by atoms with Crippen molar-refractivity contribution in [2.24, 2.45) is 29.1 Å². The lowest BCUT2D eigenvalue weighted by atomic mass is 9.69. The molecule has 2 aliphatic carbocycles. The molecule has 3 aliphatic rings. The highest BCUT2D eigenvalue weighted by Crippen LogP contribution is 2.42. The van der Waals surface area contributed by atoms with E-state index in [0.717, 1.165) is 59.4 Å². The number of benzene rings is 3. The molecule has 0 bridgehead atoms. The molecule has 7 rings (SSSR count). The van der Waals surface area contributed by atoms with Gasteiger partial charge in [-0.3, -0.25) is 0 Å². The van der Waals surface area contributed by atoms with Crippen LogP contribution in [0.5, 0.6) is 5.75 Å². The SMILES string of the molecule is CN(C)Cc1c(OCC2CC2)ccc2c(CCC3CCN(C[C@@H]4CCCC[C@@H]4C(O[SiH](c4ccccc4)c4ccccc4)C(C)(C)C)CC3)noc12. The molecule has 1 aromatic heterocycles. The van der Waals surface area contributed by atoms with Gasteiger partial charge in [0.1, 0.15) is 5.75 Å². The maximum atomic E-state index is 7.51. The molecule has 2 saturated carbocycles. The van der Waals surface area contributed by atoms with E-state index in [9.17, 15) is 0 Å². The van der Waals surface area contributed by atoms with Gasteiger partial charge in [0, 0.05) is 18.5 Å². The zero-order valence-corrected chi connectivity index (χ0v) is 33.7. The van der Waals surface area contributed by atoms with E-state index in [-0.39, 0.29) is 11.5 Å². The van der Waals surface area contributed by atoms with Crippen LogP contribution in [0, 0.1) is 29.1 Å². The zero-order chi connectivity index (χ0) is 36.1. The summed E-state index contributed by atoms with van der Waals surface area (Å²) < 4.78 is 19.8. The highest BCUT2D eigenvalue weighted by atomic mass is 28.3. The van der Waals surface area contributed by atoms with Crippen molar-refractivity contribution in [1.82, 2.24) is 15.0 Å². The van der Waals surface area contributed by atoms with Crippen LogP contribution in [0.25, 0.3) is 11.0 Å². The Balaban J connectivity index is 0.972. The third kappa shape index (κ3) is 9.39. The van der Waals surface area contributed by atoms with Crippen LogP contribution in [0.3, 0.4) is 0 Å². The van der Waals surface area contributed by atoms with Gasteiger partial charge in [-0.1, -0.05) is 99.4 Å². The van der Waals surface area contributed by atoms with Crippen LogP contribution >= 0.6 is 0 Å². The van der Waals surface area contributed by atoms with E-state index in [1.807, 2.05) is 0 Å². The summed E-state index contributed by atoms with van der Waals surface area (Å²) in [6, 6.07) is 26.5. The van der Waals surface area contributed by atoms with Crippen LogP contribution in [0.1, 0.15) is 89.8 Å². The number of ether oxygens (including phenoxy) is 1. The molecular weight excluding hydrogens is 659 g/mol. The summed E-state index contributed by atoms with van der Waals surface area (Å²) in [5.41, 5.74) is 3.23. The van der Waals surface area contributed by atoms with Crippen LogP contribution in [0.4, 0.5) is 0 Å². The summed E-state index contributed by atoms with van der Waals surface area (Å²) in [5.74, 6) is 3.69. The van der Waals surface area contributed by atoms with Crippen molar-refractivity contribution in [3.8, 4) is 5.75 Å². The molecule has 52 heavy (non-hydrogen) atoms. The normalized spacial score (nSPS) is 21.3. The number of fused-ring (bicyclic) bond motifs is 1. The fraction of sp³-hybridized carbons (Fsp3) is 0.578. The molecule has 280 valence electrons. The number of hydrogen-bond donors (Lipinski definition) is 0. The molecule has 7 heteroatoms. The lowest BCUT2D eigenvalue weighted by molar-refractivity contribution is -0.0178. The molecule has 3 fully saturated rings. The highest BCUT2D eigenvalue weighted by molar-refractivity contribution is 6.80. The number of aromatic nitrogens is 1. The third-order valence-electron chi connectivity index (χ3n) is 12.1. The van der Waals surface area contributed by atoms with Crippen LogP contribution in [0.15, 0.2) is 77.3 Å². The van der Waals surface area contributed by atoms with E-state index in [2.05, 4.69) is 123 Å². The maximum absolute atomic E-state index is 7.51. The molecule has 1 aliphatic heterocycles. The first-order valence-corrected chi connectivity index (χ1v) is 22.0. The first-order valence-electron chi connectivity index (χ1n) is 20.4. The monoisotopic (exact) mass is 721 g/mol. The van der Waals surface area contributed by atoms with Crippen molar-refractivity contribution < 1.29 is 13.7 Å². The molecule has 3 aromatic carbocycles. The van der Waals surface area contributed by atoms with Gasteiger partial charge in [0.2, 0.25) is 9.04 Å².